The van der Waals surface area contributed by atoms with E-state index in [0.29, 0.717) is 39.0 Å². The molecule has 3 aromatic rings. The van der Waals surface area contributed by atoms with Crippen LogP contribution in [0.5, 0.6) is 17.2 Å². The highest BCUT2D eigenvalue weighted by molar-refractivity contribution is 5.61. The minimum absolute atomic E-state index is 0.103. The summed E-state index contributed by atoms with van der Waals surface area (Å²) in [4.78, 5) is 2.39. The molecule has 1 saturated heterocycles. The molecular formula is C35H46N2O6. The highest BCUT2D eigenvalue weighted by atomic mass is 16.5. The van der Waals surface area contributed by atoms with Crippen LogP contribution in [0.25, 0.3) is 0 Å². The Morgan fingerprint density at radius 2 is 1.81 bits per heavy atom. The molecule has 43 heavy (non-hydrogen) atoms. The van der Waals surface area contributed by atoms with E-state index in [1.54, 1.807) is 14.2 Å². The number of ether oxygens (including phenoxy) is 6. The van der Waals surface area contributed by atoms with Gasteiger partial charge in [-0.15, -0.1) is 0 Å². The predicted molar refractivity (Wildman–Crippen MR) is 169 cm³/mol. The van der Waals surface area contributed by atoms with Crippen LogP contribution in [0.4, 0.5) is 5.69 Å². The molecule has 2 heterocycles. The third-order valence-corrected chi connectivity index (χ3v) is 8.11. The molecule has 2 aliphatic rings. The van der Waals surface area contributed by atoms with Gasteiger partial charge in [-0.05, 0) is 60.8 Å². The maximum absolute atomic E-state index is 6.55. The largest absolute Gasteiger partial charge is 0.496 e. The number of anilines is 1. The summed E-state index contributed by atoms with van der Waals surface area (Å²) >= 11 is 0. The number of methoxy groups -OCH3 is 2. The molecule has 0 bridgehead atoms. The van der Waals surface area contributed by atoms with Crippen molar-refractivity contribution in [1.82, 2.24) is 5.32 Å². The monoisotopic (exact) mass is 590 g/mol. The Morgan fingerprint density at radius 1 is 0.930 bits per heavy atom. The third kappa shape index (κ3) is 8.86. The maximum Gasteiger partial charge on any atom is 0.142 e. The molecule has 0 saturated carbocycles. The van der Waals surface area contributed by atoms with Crippen molar-refractivity contribution in [3.8, 4) is 17.2 Å². The summed E-state index contributed by atoms with van der Waals surface area (Å²) in [6.07, 6.45) is 2.96. The van der Waals surface area contributed by atoms with Gasteiger partial charge in [0, 0.05) is 44.7 Å². The van der Waals surface area contributed by atoms with Gasteiger partial charge in [0.15, 0.2) is 0 Å². The van der Waals surface area contributed by atoms with Gasteiger partial charge < -0.3 is 38.6 Å². The minimum Gasteiger partial charge on any atom is -0.496 e. The van der Waals surface area contributed by atoms with Gasteiger partial charge >= 0.3 is 0 Å². The molecule has 0 unspecified atom stereocenters. The van der Waals surface area contributed by atoms with E-state index in [-0.39, 0.29) is 6.10 Å². The molecule has 2 atom stereocenters. The van der Waals surface area contributed by atoms with Crippen LogP contribution in [0.2, 0.25) is 0 Å². The Morgan fingerprint density at radius 3 is 2.67 bits per heavy atom. The van der Waals surface area contributed by atoms with Crippen molar-refractivity contribution < 1.29 is 28.4 Å². The zero-order valence-electron chi connectivity index (χ0n) is 25.6. The van der Waals surface area contributed by atoms with E-state index in [1.165, 1.54) is 11.1 Å². The van der Waals surface area contributed by atoms with Crippen LogP contribution in [0.3, 0.4) is 0 Å². The van der Waals surface area contributed by atoms with Crippen LogP contribution in [0.15, 0.2) is 66.7 Å². The number of piperidine rings is 1. The number of nitrogens with one attached hydrogen (secondary N) is 1. The van der Waals surface area contributed by atoms with E-state index < -0.39 is 0 Å². The van der Waals surface area contributed by atoms with Gasteiger partial charge in [0.2, 0.25) is 0 Å². The number of nitrogens with zero attached hydrogens (tertiary/aromatic N) is 1. The second-order valence-corrected chi connectivity index (χ2v) is 11.1. The Balaban J connectivity index is 1.08. The number of fused-ring (bicyclic) bond motifs is 1. The molecule has 0 aromatic heterocycles. The summed E-state index contributed by atoms with van der Waals surface area (Å²) in [6.45, 7) is 7.52. The van der Waals surface area contributed by atoms with Crippen molar-refractivity contribution in [2.75, 3.05) is 71.7 Å². The number of hydrogen-bond acceptors (Lipinski definition) is 8. The molecule has 0 amide bonds. The van der Waals surface area contributed by atoms with Crippen molar-refractivity contribution >= 4 is 5.69 Å². The summed E-state index contributed by atoms with van der Waals surface area (Å²) in [6, 6.07) is 22.9. The van der Waals surface area contributed by atoms with E-state index in [9.17, 15) is 0 Å². The Bertz CT molecular complexity index is 1250. The van der Waals surface area contributed by atoms with Gasteiger partial charge in [0.1, 0.15) is 23.9 Å². The van der Waals surface area contributed by atoms with Crippen molar-refractivity contribution in [3.05, 3.63) is 83.4 Å². The molecule has 0 aliphatic carbocycles. The summed E-state index contributed by atoms with van der Waals surface area (Å²) < 4.78 is 34.9. The first kappa shape index (κ1) is 31.1. The highest BCUT2D eigenvalue weighted by Crippen LogP contribution is 2.34. The van der Waals surface area contributed by atoms with Gasteiger partial charge in [-0.25, -0.2) is 0 Å². The molecule has 1 N–H and O–H groups in total. The molecule has 0 radical (unpaired) electrons. The molecule has 232 valence electrons. The summed E-state index contributed by atoms with van der Waals surface area (Å²) in [5.74, 6) is 3.03. The van der Waals surface area contributed by atoms with E-state index in [1.807, 2.05) is 24.3 Å². The smallest absolute Gasteiger partial charge is 0.142 e. The second kappa shape index (κ2) is 16.5. The van der Waals surface area contributed by atoms with Crippen molar-refractivity contribution in [1.29, 1.82) is 0 Å². The fourth-order valence-corrected chi connectivity index (χ4v) is 5.80. The first-order chi connectivity index (χ1) is 21.2. The average Bonchev–Trinajstić information content (AvgIpc) is 3.06. The number of benzene rings is 3. The van der Waals surface area contributed by atoms with Crippen LogP contribution < -0.4 is 24.4 Å². The quantitative estimate of drug-likeness (QED) is 0.217. The molecule has 2 aliphatic heterocycles. The lowest BCUT2D eigenvalue weighted by atomic mass is 9.87. The van der Waals surface area contributed by atoms with Crippen LogP contribution in [-0.2, 0) is 27.4 Å². The third-order valence-electron chi connectivity index (χ3n) is 8.11. The predicted octanol–water partition coefficient (Wildman–Crippen LogP) is 5.58. The topological polar surface area (TPSA) is 70.7 Å². The van der Waals surface area contributed by atoms with E-state index in [2.05, 4.69) is 52.7 Å². The number of hydrogen-bond donors (Lipinski definition) is 1. The van der Waals surface area contributed by atoms with Gasteiger partial charge in [-0.2, -0.15) is 0 Å². The number of rotatable bonds is 16. The van der Waals surface area contributed by atoms with E-state index in [4.69, 9.17) is 28.4 Å². The van der Waals surface area contributed by atoms with Crippen LogP contribution in [-0.4, -0.2) is 72.9 Å². The van der Waals surface area contributed by atoms with Crippen LogP contribution in [0.1, 0.15) is 41.9 Å². The summed E-state index contributed by atoms with van der Waals surface area (Å²) in [7, 11) is 3.43. The van der Waals surface area contributed by atoms with Crippen LogP contribution in [0, 0.1) is 0 Å². The summed E-state index contributed by atoms with van der Waals surface area (Å²) in [5.41, 5.74) is 4.67. The molecule has 5 rings (SSSR count). The van der Waals surface area contributed by atoms with E-state index >= 15 is 0 Å². The van der Waals surface area contributed by atoms with E-state index in [0.717, 1.165) is 80.5 Å². The van der Waals surface area contributed by atoms with Gasteiger partial charge in [-0.3, -0.25) is 0 Å². The molecule has 8 heteroatoms. The normalized spacial score (nSPS) is 18.1. The lowest BCUT2D eigenvalue weighted by Crippen LogP contribution is -2.41. The first-order valence-corrected chi connectivity index (χ1v) is 15.5. The standard InChI is InChI=1S/C35H46N2O6/c1-38-19-5-17-37-18-22-42-34-14-9-27(23-32(34)37)25-43-35-24-36-16-15-31(35)28-10-12-30(13-11-28)41-21-6-20-40-26-29-7-3-4-8-33(29)39-2/h3-4,7-14,23,31,35-36H,5-6,15-22,24-26H2,1-2H3/t31-,35+/m1/s1. The molecule has 8 nitrogen and oxygen atoms in total. The average molecular weight is 591 g/mol. The van der Waals surface area contributed by atoms with Crippen LogP contribution >= 0.6 is 0 Å². The van der Waals surface area contributed by atoms with Gasteiger partial charge in [-0.1, -0.05) is 36.4 Å². The number of para-hydroxylation sites is 1. The first-order valence-electron chi connectivity index (χ1n) is 15.5. The zero-order chi connectivity index (χ0) is 29.7. The SMILES string of the molecule is COCCCN1CCOc2ccc(CO[C@H]3CNCC[C@@H]3c3ccc(OCCCOCc4ccccc4OC)cc3)cc21. The van der Waals surface area contributed by atoms with Crippen molar-refractivity contribution in [2.45, 2.75) is 44.5 Å². The molecular weight excluding hydrogens is 544 g/mol. The zero-order valence-corrected chi connectivity index (χ0v) is 25.6. The minimum atomic E-state index is 0.103. The Labute approximate surface area is 256 Å². The van der Waals surface area contributed by atoms with Gasteiger partial charge in [0.25, 0.3) is 0 Å². The molecule has 1 fully saturated rings. The highest BCUT2D eigenvalue weighted by Gasteiger charge is 2.27. The lowest BCUT2D eigenvalue weighted by molar-refractivity contribution is 0.0106. The molecule has 0 spiro atoms. The second-order valence-electron chi connectivity index (χ2n) is 11.1. The Hall–Kier alpha value is -3.30. The maximum atomic E-state index is 6.55. The molecule has 3 aromatic carbocycles. The lowest BCUT2D eigenvalue weighted by Gasteiger charge is -2.33. The van der Waals surface area contributed by atoms with Crippen molar-refractivity contribution in [3.63, 3.8) is 0 Å². The summed E-state index contributed by atoms with van der Waals surface area (Å²) in [5, 5.41) is 3.52. The van der Waals surface area contributed by atoms with Crippen molar-refractivity contribution in [2.24, 2.45) is 0 Å². The fraction of sp³-hybridized carbons (Fsp3) is 0.486. The fourth-order valence-electron chi connectivity index (χ4n) is 5.80. The van der Waals surface area contributed by atoms with Gasteiger partial charge in [0.05, 0.1) is 51.9 Å². The Kier molecular flexibility index (Phi) is 12.0.